The topological polar surface area (TPSA) is 85.8 Å². The van der Waals surface area contributed by atoms with Gasteiger partial charge in [-0.05, 0) is 51.7 Å². The van der Waals surface area contributed by atoms with Gasteiger partial charge in [-0.1, -0.05) is 5.16 Å². The highest BCUT2D eigenvalue weighted by Gasteiger charge is 2.34. The van der Waals surface area contributed by atoms with Crippen molar-refractivity contribution in [2.24, 2.45) is 0 Å². The number of carbonyl (C=O) groups is 1. The molecule has 3 aromatic rings. The van der Waals surface area contributed by atoms with Crippen molar-refractivity contribution in [3.05, 3.63) is 41.0 Å². The van der Waals surface area contributed by atoms with Crippen LogP contribution in [0.15, 0.2) is 22.9 Å². The zero-order valence-corrected chi connectivity index (χ0v) is 15.6. The smallest absolute Gasteiger partial charge is 0.259 e. The van der Waals surface area contributed by atoms with E-state index in [1.165, 1.54) is 0 Å². The normalized spacial score (nSPS) is 18.0. The molecule has 7 heteroatoms. The number of rotatable bonds is 6. The van der Waals surface area contributed by atoms with Gasteiger partial charge in [0.05, 0.1) is 28.9 Å². The summed E-state index contributed by atoms with van der Waals surface area (Å²) in [5.74, 6) is 0.751. The molecule has 0 radical (unpaired) electrons. The lowest BCUT2D eigenvalue weighted by molar-refractivity contribution is 0.0937. The van der Waals surface area contributed by atoms with Crippen LogP contribution in [0.1, 0.15) is 71.9 Å². The van der Waals surface area contributed by atoms with E-state index in [1.807, 2.05) is 36.9 Å². The first-order chi connectivity index (χ1) is 13.1. The van der Waals surface area contributed by atoms with Crippen molar-refractivity contribution in [3.8, 4) is 0 Å². The lowest BCUT2D eigenvalue weighted by Crippen LogP contribution is -2.36. The summed E-state index contributed by atoms with van der Waals surface area (Å²) in [6.07, 6.45) is 6.37. The highest BCUT2D eigenvalue weighted by Crippen LogP contribution is 2.45. The first-order valence-electron chi connectivity index (χ1n) is 9.69. The zero-order chi connectivity index (χ0) is 18.5. The molecule has 1 amide bonds. The number of amides is 1. The SMILES string of the molecule is Cc1ccn(CC(C)NC(=O)c2cc(C3CC3)nc3onc(C4CC4)c23)n1. The van der Waals surface area contributed by atoms with Crippen LogP contribution in [0.4, 0.5) is 0 Å². The molecule has 0 bridgehead atoms. The fraction of sp³-hybridized carbons (Fsp3) is 0.500. The van der Waals surface area contributed by atoms with Crippen molar-refractivity contribution >= 4 is 17.0 Å². The molecule has 0 saturated heterocycles. The van der Waals surface area contributed by atoms with Gasteiger partial charge in [0.1, 0.15) is 0 Å². The maximum absolute atomic E-state index is 13.1. The first-order valence-corrected chi connectivity index (χ1v) is 9.69. The minimum atomic E-state index is -0.0919. The molecular weight excluding hydrogens is 342 g/mol. The van der Waals surface area contributed by atoms with E-state index in [4.69, 9.17) is 4.52 Å². The molecule has 2 saturated carbocycles. The molecule has 140 valence electrons. The molecule has 2 aliphatic carbocycles. The Morgan fingerprint density at radius 3 is 2.78 bits per heavy atom. The quantitative estimate of drug-likeness (QED) is 0.724. The Balaban J connectivity index is 1.45. The molecule has 7 nitrogen and oxygen atoms in total. The summed E-state index contributed by atoms with van der Waals surface area (Å²) in [4.78, 5) is 17.8. The van der Waals surface area contributed by atoms with E-state index >= 15 is 0 Å². The number of hydrogen-bond donors (Lipinski definition) is 1. The van der Waals surface area contributed by atoms with E-state index in [2.05, 4.69) is 20.6 Å². The number of aryl methyl sites for hydroxylation is 1. The van der Waals surface area contributed by atoms with E-state index < -0.39 is 0 Å². The molecule has 1 N–H and O–H groups in total. The van der Waals surface area contributed by atoms with Crippen LogP contribution in [0.2, 0.25) is 0 Å². The average Bonchev–Trinajstić information content (AvgIpc) is 3.56. The minimum Gasteiger partial charge on any atom is -0.348 e. The number of carbonyl (C=O) groups excluding carboxylic acids is 1. The summed E-state index contributed by atoms with van der Waals surface area (Å²) in [5, 5.41) is 12.5. The Morgan fingerprint density at radius 2 is 2.11 bits per heavy atom. The van der Waals surface area contributed by atoms with Crippen molar-refractivity contribution in [2.75, 3.05) is 0 Å². The molecule has 2 aliphatic rings. The average molecular weight is 365 g/mol. The zero-order valence-electron chi connectivity index (χ0n) is 15.6. The number of nitrogens with one attached hydrogen (secondary N) is 1. The number of aromatic nitrogens is 4. The maximum Gasteiger partial charge on any atom is 0.259 e. The number of nitrogens with zero attached hydrogens (tertiary/aromatic N) is 4. The Labute approximate surface area is 157 Å². The van der Waals surface area contributed by atoms with Crippen LogP contribution in [0.5, 0.6) is 0 Å². The molecule has 0 aliphatic heterocycles. The van der Waals surface area contributed by atoms with Gasteiger partial charge in [-0.15, -0.1) is 0 Å². The summed E-state index contributed by atoms with van der Waals surface area (Å²) in [6, 6.07) is 3.86. The fourth-order valence-electron chi connectivity index (χ4n) is 3.59. The van der Waals surface area contributed by atoms with Crippen LogP contribution < -0.4 is 5.32 Å². The van der Waals surface area contributed by atoms with Crippen molar-refractivity contribution in [1.29, 1.82) is 0 Å². The predicted molar refractivity (Wildman–Crippen MR) is 99.6 cm³/mol. The third-order valence-electron chi connectivity index (χ3n) is 5.31. The van der Waals surface area contributed by atoms with Crippen molar-refractivity contribution in [3.63, 3.8) is 0 Å². The Bertz CT molecular complexity index is 1010. The number of hydrogen-bond acceptors (Lipinski definition) is 5. The molecule has 1 atom stereocenters. The summed E-state index contributed by atoms with van der Waals surface area (Å²) in [5.41, 5.74) is 3.95. The number of fused-ring (bicyclic) bond motifs is 1. The van der Waals surface area contributed by atoms with E-state index in [-0.39, 0.29) is 11.9 Å². The Hall–Kier alpha value is -2.70. The van der Waals surface area contributed by atoms with E-state index in [0.29, 0.717) is 29.7 Å². The van der Waals surface area contributed by atoms with Gasteiger partial charge in [-0.3, -0.25) is 9.48 Å². The van der Waals surface area contributed by atoms with Gasteiger partial charge in [0.2, 0.25) is 0 Å². The summed E-state index contributed by atoms with van der Waals surface area (Å²) in [6.45, 7) is 4.57. The molecule has 5 rings (SSSR count). The molecule has 27 heavy (non-hydrogen) atoms. The second kappa shape index (κ2) is 6.18. The third kappa shape index (κ3) is 3.22. The monoisotopic (exact) mass is 365 g/mol. The first kappa shape index (κ1) is 16.5. The summed E-state index contributed by atoms with van der Waals surface area (Å²) >= 11 is 0. The van der Waals surface area contributed by atoms with Crippen LogP contribution in [0.3, 0.4) is 0 Å². The highest BCUT2D eigenvalue weighted by atomic mass is 16.5. The molecular formula is C20H23N5O2. The van der Waals surface area contributed by atoms with Gasteiger partial charge >= 0.3 is 0 Å². The second-order valence-electron chi connectivity index (χ2n) is 7.94. The van der Waals surface area contributed by atoms with Crippen LogP contribution in [0, 0.1) is 6.92 Å². The molecule has 1 unspecified atom stereocenters. The minimum absolute atomic E-state index is 0.0476. The second-order valence-corrected chi connectivity index (χ2v) is 7.94. The third-order valence-corrected chi connectivity index (χ3v) is 5.31. The summed E-state index contributed by atoms with van der Waals surface area (Å²) < 4.78 is 7.36. The van der Waals surface area contributed by atoms with Crippen molar-refractivity contribution in [2.45, 2.75) is 64.0 Å². The largest absolute Gasteiger partial charge is 0.348 e. The van der Waals surface area contributed by atoms with E-state index in [1.54, 1.807) is 0 Å². The van der Waals surface area contributed by atoms with Crippen LogP contribution in [-0.2, 0) is 6.54 Å². The molecule has 0 aromatic carbocycles. The number of pyridine rings is 1. The predicted octanol–water partition coefficient (Wildman–Crippen LogP) is 3.30. The highest BCUT2D eigenvalue weighted by molar-refractivity contribution is 6.06. The van der Waals surface area contributed by atoms with Gasteiger partial charge < -0.3 is 9.84 Å². The fourth-order valence-corrected chi connectivity index (χ4v) is 3.59. The Kier molecular flexibility index (Phi) is 3.77. The summed E-state index contributed by atoms with van der Waals surface area (Å²) in [7, 11) is 0. The van der Waals surface area contributed by atoms with E-state index in [0.717, 1.165) is 48.2 Å². The van der Waals surface area contributed by atoms with Gasteiger partial charge in [0, 0.05) is 29.8 Å². The molecule has 3 heterocycles. The van der Waals surface area contributed by atoms with Gasteiger partial charge in [0.25, 0.3) is 11.6 Å². The van der Waals surface area contributed by atoms with Crippen LogP contribution in [-0.4, -0.2) is 31.9 Å². The lowest BCUT2D eigenvalue weighted by atomic mass is 10.0. The standard InChI is InChI=1S/C20H23N5O2/c1-11-7-8-25(23-11)10-12(2)21-19(26)15-9-16(13-3-4-13)22-20-17(15)18(24-27-20)14-5-6-14/h7-9,12-14H,3-6,10H2,1-2H3,(H,21,26). The van der Waals surface area contributed by atoms with Crippen molar-refractivity contribution < 1.29 is 9.32 Å². The van der Waals surface area contributed by atoms with Gasteiger partial charge in [-0.2, -0.15) is 5.10 Å². The lowest BCUT2D eigenvalue weighted by Gasteiger charge is -2.15. The molecule has 3 aromatic heterocycles. The van der Waals surface area contributed by atoms with Gasteiger partial charge in [-0.25, -0.2) is 4.98 Å². The van der Waals surface area contributed by atoms with E-state index in [9.17, 15) is 4.79 Å². The van der Waals surface area contributed by atoms with Crippen molar-refractivity contribution in [1.82, 2.24) is 25.2 Å². The van der Waals surface area contributed by atoms with Crippen LogP contribution >= 0.6 is 0 Å². The molecule has 2 fully saturated rings. The Morgan fingerprint density at radius 1 is 1.33 bits per heavy atom. The molecule has 0 spiro atoms. The maximum atomic E-state index is 13.1. The van der Waals surface area contributed by atoms with Gasteiger partial charge in [0.15, 0.2) is 0 Å². The van der Waals surface area contributed by atoms with Crippen LogP contribution in [0.25, 0.3) is 11.1 Å².